The molecule has 0 aliphatic carbocycles. The van der Waals surface area contributed by atoms with Crippen molar-refractivity contribution in [3.05, 3.63) is 71.0 Å². The molecule has 3 rings (SSSR count). The van der Waals surface area contributed by atoms with E-state index in [0.29, 0.717) is 22.3 Å². The number of hydrogen-bond donors (Lipinski definition) is 1. The van der Waals surface area contributed by atoms with Gasteiger partial charge in [0.25, 0.3) is 0 Å². The van der Waals surface area contributed by atoms with Gasteiger partial charge in [0.1, 0.15) is 17.3 Å². The van der Waals surface area contributed by atoms with Crippen molar-refractivity contribution in [3.8, 4) is 6.07 Å². The van der Waals surface area contributed by atoms with Gasteiger partial charge in [0, 0.05) is 11.8 Å². The summed E-state index contributed by atoms with van der Waals surface area (Å²) in [7, 11) is 0. The van der Waals surface area contributed by atoms with Crippen LogP contribution in [0.5, 0.6) is 0 Å². The van der Waals surface area contributed by atoms with Crippen LogP contribution in [0.4, 0.5) is 5.69 Å². The molecule has 4 heteroatoms. The molecule has 3 aromatic rings. The number of fused-ring (bicyclic) bond motifs is 1. The minimum absolute atomic E-state index is 0.182. The van der Waals surface area contributed by atoms with Gasteiger partial charge in [0.05, 0.1) is 11.2 Å². The highest BCUT2D eigenvalue weighted by molar-refractivity contribution is 6.13. The van der Waals surface area contributed by atoms with Gasteiger partial charge in [-0.1, -0.05) is 29.8 Å². The summed E-state index contributed by atoms with van der Waals surface area (Å²) in [5.41, 5.74) is 9.16. The first-order chi connectivity index (χ1) is 10.1. The van der Waals surface area contributed by atoms with Crippen LogP contribution in [-0.2, 0) is 0 Å². The first-order valence-electron chi connectivity index (χ1n) is 6.53. The second kappa shape index (κ2) is 4.80. The number of carbonyl (C=O) groups excluding carboxylic acids is 1. The van der Waals surface area contributed by atoms with Crippen LogP contribution < -0.4 is 5.73 Å². The van der Waals surface area contributed by atoms with E-state index in [4.69, 9.17) is 5.73 Å². The number of nitriles is 1. The Morgan fingerprint density at radius 2 is 2.05 bits per heavy atom. The molecular formula is C17H13N3O. The molecule has 102 valence electrons. The Labute approximate surface area is 122 Å². The van der Waals surface area contributed by atoms with Crippen molar-refractivity contribution >= 4 is 17.0 Å². The Hall–Kier alpha value is -3.06. The van der Waals surface area contributed by atoms with Gasteiger partial charge in [-0.25, -0.2) is 0 Å². The number of rotatable bonds is 2. The molecule has 2 N–H and O–H groups in total. The van der Waals surface area contributed by atoms with Crippen molar-refractivity contribution in [2.24, 2.45) is 0 Å². The topological polar surface area (TPSA) is 71.3 Å². The van der Waals surface area contributed by atoms with Crippen molar-refractivity contribution in [1.82, 2.24) is 4.40 Å². The molecule has 0 saturated heterocycles. The number of nitrogens with zero attached hydrogens (tertiary/aromatic N) is 2. The summed E-state index contributed by atoms with van der Waals surface area (Å²) in [6, 6.07) is 14.8. The average molecular weight is 275 g/mol. The fraction of sp³-hybridized carbons (Fsp3) is 0.0588. The lowest BCUT2D eigenvalue weighted by atomic mass is 10.0. The quantitative estimate of drug-likeness (QED) is 0.731. The lowest BCUT2D eigenvalue weighted by Gasteiger charge is -2.04. The Balaban J connectivity index is 2.28. The minimum Gasteiger partial charge on any atom is -0.396 e. The number of carbonyl (C=O) groups is 1. The number of nitrogen functional groups attached to an aromatic ring is 1. The van der Waals surface area contributed by atoms with Gasteiger partial charge in [-0.15, -0.1) is 0 Å². The number of ketones is 1. The number of benzene rings is 1. The Bertz CT molecular complexity index is 900. The smallest absolute Gasteiger partial charge is 0.211 e. The zero-order chi connectivity index (χ0) is 15.0. The van der Waals surface area contributed by atoms with E-state index in [-0.39, 0.29) is 11.5 Å². The van der Waals surface area contributed by atoms with Crippen LogP contribution in [0.2, 0.25) is 0 Å². The molecule has 0 spiro atoms. The first kappa shape index (κ1) is 12.9. The summed E-state index contributed by atoms with van der Waals surface area (Å²) in [6.45, 7) is 1.93. The van der Waals surface area contributed by atoms with E-state index in [0.717, 1.165) is 5.56 Å². The Morgan fingerprint density at radius 3 is 2.76 bits per heavy atom. The fourth-order valence-corrected chi connectivity index (χ4v) is 2.50. The van der Waals surface area contributed by atoms with Gasteiger partial charge in [0.2, 0.25) is 5.78 Å². The molecule has 1 aromatic carbocycles. The molecule has 0 radical (unpaired) electrons. The van der Waals surface area contributed by atoms with Crippen molar-refractivity contribution in [3.63, 3.8) is 0 Å². The molecule has 0 saturated carbocycles. The second-order valence-corrected chi connectivity index (χ2v) is 4.90. The summed E-state index contributed by atoms with van der Waals surface area (Å²) >= 11 is 0. The van der Waals surface area contributed by atoms with Gasteiger partial charge < -0.3 is 10.1 Å². The molecule has 2 heterocycles. The maximum atomic E-state index is 12.8. The van der Waals surface area contributed by atoms with E-state index in [1.54, 1.807) is 28.8 Å². The minimum atomic E-state index is -0.182. The molecule has 21 heavy (non-hydrogen) atoms. The van der Waals surface area contributed by atoms with Crippen LogP contribution >= 0.6 is 0 Å². The van der Waals surface area contributed by atoms with Gasteiger partial charge in [-0.2, -0.15) is 5.26 Å². The molecule has 2 aromatic heterocycles. The van der Waals surface area contributed by atoms with Crippen molar-refractivity contribution in [2.75, 3.05) is 5.73 Å². The normalized spacial score (nSPS) is 10.5. The van der Waals surface area contributed by atoms with E-state index in [9.17, 15) is 10.1 Å². The van der Waals surface area contributed by atoms with Crippen LogP contribution in [0.25, 0.3) is 5.52 Å². The van der Waals surface area contributed by atoms with Crippen molar-refractivity contribution in [2.45, 2.75) is 6.92 Å². The predicted molar refractivity (Wildman–Crippen MR) is 81.1 cm³/mol. The fourth-order valence-electron chi connectivity index (χ4n) is 2.50. The summed E-state index contributed by atoms with van der Waals surface area (Å²) < 4.78 is 1.68. The molecule has 0 fully saturated rings. The second-order valence-electron chi connectivity index (χ2n) is 4.90. The van der Waals surface area contributed by atoms with Crippen LogP contribution in [0.3, 0.4) is 0 Å². The SMILES string of the molecule is Cc1cccc(C(=O)c2c(N)c(C#N)c3ccccn23)c1. The largest absolute Gasteiger partial charge is 0.396 e. The van der Waals surface area contributed by atoms with Crippen LogP contribution in [-0.4, -0.2) is 10.2 Å². The van der Waals surface area contributed by atoms with Crippen LogP contribution in [0.15, 0.2) is 48.7 Å². The van der Waals surface area contributed by atoms with E-state index in [1.807, 2.05) is 31.2 Å². The van der Waals surface area contributed by atoms with E-state index >= 15 is 0 Å². The van der Waals surface area contributed by atoms with Gasteiger partial charge in [-0.3, -0.25) is 4.79 Å². The monoisotopic (exact) mass is 275 g/mol. The highest BCUT2D eigenvalue weighted by Crippen LogP contribution is 2.27. The summed E-state index contributed by atoms with van der Waals surface area (Å²) in [4.78, 5) is 12.8. The molecule has 4 nitrogen and oxygen atoms in total. The molecule has 0 unspecified atom stereocenters. The number of nitrogens with two attached hydrogens (primary N) is 1. The molecule has 0 aliphatic rings. The first-order valence-corrected chi connectivity index (χ1v) is 6.53. The third-order valence-corrected chi connectivity index (χ3v) is 3.49. The summed E-state index contributed by atoms with van der Waals surface area (Å²) in [5, 5.41) is 9.27. The number of anilines is 1. The molecule has 0 aliphatic heterocycles. The third-order valence-electron chi connectivity index (χ3n) is 3.49. The highest BCUT2D eigenvalue weighted by atomic mass is 16.1. The zero-order valence-electron chi connectivity index (χ0n) is 11.5. The Kier molecular flexibility index (Phi) is 2.96. The number of pyridine rings is 1. The van der Waals surface area contributed by atoms with Crippen molar-refractivity contribution < 1.29 is 4.79 Å². The average Bonchev–Trinajstić information content (AvgIpc) is 2.78. The van der Waals surface area contributed by atoms with E-state index in [2.05, 4.69) is 6.07 Å². The van der Waals surface area contributed by atoms with Crippen molar-refractivity contribution in [1.29, 1.82) is 5.26 Å². The molecular weight excluding hydrogens is 262 g/mol. The number of hydrogen-bond acceptors (Lipinski definition) is 3. The van der Waals surface area contributed by atoms with E-state index < -0.39 is 0 Å². The summed E-state index contributed by atoms with van der Waals surface area (Å²) in [6.07, 6.45) is 1.75. The highest BCUT2D eigenvalue weighted by Gasteiger charge is 2.22. The maximum absolute atomic E-state index is 12.8. The third kappa shape index (κ3) is 1.96. The molecule has 0 bridgehead atoms. The lowest BCUT2D eigenvalue weighted by Crippen LogP contribution is -2.08. The van der Waals surface area contributed by atoms with Gasteiger partial charge >= 0.3 is 0 Å². The predicted octanol–water partition coefficient (Wildman–Crippen LogP) is 2.93. The zero-order valence-corrected chi connectivity index (χ0v) is 11.5. The number of aromatic nitrogens is 1. The number of aryl methyl sites for hydroxylation is 1. The summed E-state index contributed by atoms with van der Waals surface area (Å²) in [5.74, 6) is -0.182. The maximum Gasteiger partial charge on any atom is 0.211 e. The lowest BCUT2D eigenvalue weighted by molar-refractivity contribution is 0.103. The van der Waals surface area contributed by atoms with Gasteiger partial charge in [-0.05, 0) is 25.1 Å². The standard InChI is InChI=1S/C17H13N3O/c1-11-5-4-6-12(9-11)17(21)16-15(19)13(10-18)14-7-2-3-8-20(14)16/h2-9H,19H2,1H3. The Morgan fingerprint density at radius 1 is 1.24 bits per heavy atom. The van der Waals surface area contributed by atoms with Gasteiger partial charge in [0.15, 0.2) is 0 Å². The van der Waals surface area contributed by atoms with E-state index in [1.165, 1.54) is 0 Å². The molecule has 0 atom stereocenters. The van der Waals surface area contributed by atoms with Crippen LogP contribution in [0.1, 0.15) is 27.2 Å². The molecule has 0 amide bonds. The van der Waals surface area contributed by atoms with Crippen LogP contribution in [0, 0.1) is 18.3 Å².